The molecule has 0 aliphatic carbocycles. The summed E-state index contributed by atoms with van der Waals surface area (Å²) in [6, 6.07) is 10.9. The molecule has 3 aromatic carbocycles. The van der Waals surface area contributed by atoms with Gasteiger partial charge in [-0.05, 0) is 49.2 Å². The molecule has 4 rings (SSSR count). The van der Waals surface area contributed by atoms with Crippen molar-refractivity contribution in [2.24, 2.45) is 5.41 Å². The van der Waals surface area contributed by atoms with Crippen LogP contribution in [0.5, 0.6) is 0 Å². The van der Waals surface area contributed by atoms with E-state index in [2.05, 4.69) is 10.6 Å². The molecule has 0 spiro atoms. The fourth-order valence-electron chi connectivity index (χ4n) is 4.53. The largest absolute Gasteiger partial charge is 0.325 e. The second-order valence-electron chi connectivity index (χ2n) is 10.2. The zero-order chi connectivity index (χ0) is 28.0. The Bertz CT molecular complexity index is 1490. The van der Waals surface area contributed by atoms with Crippen molar-refractivity contribution in [3.8, 4) is 11.1 Å². The molecule has 1 fully saturated rings. The van der Waals surface area contributed by atoms with Crippen molar-refractivity contribution in [2.45, 2.75) is 19.9 Å². The van der Waals surface area contributed by atoms with E-state index in [1.165, 1.54) is 24.3 Å². The van der Waals surface area contributed by atoms with E-state index in [-0.39, 0.29) is 28.5 Å². The van der Waals surface area contributed by atoms with E-state index in [1.54, 1.807) is 51.4 Å². The van der Waals surface area contributed by atoms with Gasteiger partial charge in [-0.1, -0.05) is 49.7 Å². The minimum absolute atomic E-state index is 0.0164. The number of carbonyl (C=O) groups excluding carboxylic acids is 2. The number of nitrogens with one attached hydrogen (secondary N) is 2. The van der Waals surface area contributed by atoms with E-state index in [9.17, 15) is 18.5 Å². The van der Waals surface area contributed by atoms with Gasteiger partial charge in [0.05, 0.1) is 11.4 Å². The summed E-state index contributed by atoms with van der Waals surface area (Å²) < 4.78 is 57.6. The summed E-state index contributed by atoms with van der Waals surface area (Å²) in [7, 11) is -2.80. The quantitative estimate of drug-likeness (QED) is 0.361. The Kier molecular flexibility index (Phi) is 7.38. The number of hydrogen-bond donors (Lipinski definition) is 2. The first-order chi connectivity index (χ1) is 17.7. The first-order valence-corrected chi connectivity index (χ1v) is 14.7. The van der Waals surface area contributed by atoms with Crippen molar-refractivity contribution >= 4 is 47.4 Å². The molecule has 200 valence electrons. The van der Waals surface area contributed by atoms with Crippen LogP contribution in [-0.4, -0.2) is 37.9 Å². The van der Waals surface area contributed by atoms with Gasteiger partial charge in [-0.3, -0.25) is 4.79 Å². The molecule has 1 saturated heterocycles. The predicted octanol–water partition coefficient (Wildman–Crippen LogP) is 6.24. The molecule has 1 aliphatic heterocycles. The molecule has 0 bridgehead atoms. The van der Waals surface area contributed by atoms with Crippen molar-refractivity contribution < 1.29 is 27.3 Å². The molecule has 3 amide bonds. The summed E-state index contributed by atoms with van der Waals surface area (Å²) in [5.74, 6) is -3.83. The number of anilines is 2. The monoisotopic (exact) mass is 563 g/mol. The molecule has 0 saturated carbocycles. The number of carbonyl (C=O) groups is 2. The molecular weight excluding hydrogens is 538 g/mol. The lowest BCUT2D eigenvalue weighted by Gasteiger charge is -2.24. The third-order valence-corrected chi connectivity index (χ3v) is 8.23. The Balaban J connectivity index is 1.61. The van der Waals surface area contributed by atoms with Crippen LogP contribution in [0, 0.1) is 22.9 Å². The van der Waals surface area contributed by atoms with Crippen molar-refractivity contribution in [3.63, 3.8) is 0 Å². The first kappa shape index (κ1) is 27.7. The van der Waals surface area contributed by atoms with Gasteiger partial charge >= 0.3 is 6.03 Å². The number of hydrogen-bond acceptors (Lipinski definition) is 3. The summed E-state index contributed by atoms with van der Waals surface area (Å²) in [6.45, 7) is 6.46. The van der Waals surface area contributed by atoms with Crippen LogP contribution in [0.4, 0.5) is 29.3 Å². The highest BCUT2D eigenvalue weighted by atomic mass is 35.5. The Morgan fingerprint density at radius 3 is 2.37 bits per heavy atom. The van der Waals surface area contributed by atoms with Gasteiger partial charge in [-0.2, -0.15) is 0 Å². The molecule has 6 nitrogen and oxygen atoms in total. The van der Waals surface area contributed by atoms with Crippen molar-refractivity contribution in [1.29, 1.82) is 0 Å². The summed E-state index contributed by atoms with van der Waals surface area (Å²) in [5.41, 5.74) is -1.07. The smallest absolute Gasteiger partial charge is 0.319 e. The third kappa shape index (κ3) is 5.31. The van der Waals surface area contributed by atoms with Crippen LogP contribution in [0.3, 0.4) is 0 Å². The number of amides is 3. The van der Waals surface area contributed by atoms with Crippen LogP contribution in [0.2, 0.25) is 5.02 Å². The van der Waals surface area contributed by atoms with Gasteiger partial charge in [0.2, 0.25) is 5.91 Å². The average Bonchev–Trinajstić information content (AvgIpc) is 3.05. The molecule has 11 heteroatoms. The number of halogens is 4. The molecule has 0 aromatic heterocycles. The lowest BCUT2D eigenvalue weighted by molar-refractivity contribution is -0.119. The first-order valence-electron chi connectivity index (χ1n) is 11.7. The van der Waals surface area contributed by atoms with Crippen LogP contribution < -0.4 is 20.8 Å². The third-order valence-electron chi connectivity index (χ3n) is 6.44. The summed E-state index contributed by atoms with van der Waals surface area (Å²) in [5, 5.41) is 5.41. The molecule has 38 heavy (non-hydrogen) atoms. The molecule has 1 heterocycles. The summed E-state index contributed by atoms with van der Waals surface area (Å²) in [4.78, 5) is 26.9. The minimum Gasteiger partial charge on any atom is -0.325 e. The van der Waals surface area contributed by atoms with Gasteiger partial charge < -0.3 is 20.1 Å². The van der Waals surface area contributed by atoms with Crippen molar-refractivity contribution in [1.82, 2.24) is 5.32 Å². The second-order valence-corrected chi connectivity index (χ2v) is 13.8. The van der Waals surface area contributed by atoms with Crippen LogP contribution in [-0.2, 0) is 9.36 Å². The number of nitrogens with zero attached hydrogens (tertiary/aromatic N) is 1. The van der Waals surface area contributed by atoms with Gasteiger partial charge in [-0.15, -0.1) is 0 Å². The van der Waals surface area contributed by atoms with Gasteiger partial charge in [0.1, 0.15) is 19.0 Å². The highest BCUT2D eigenvalue weighted by molar-refractivity contribution is 7.70. The van der Waals surface area contributed by atoms with E-state index < -0.39 is 48.0 Å². The average molecular weight is 564 g/mol. The normalized spacial score (nSPS) is 17.0. The fourth-order valence-corrected chi connectivity index (χ4v) is 5.91. The highest BCUT2D eigenvalue weighted by Crippen LogP contribution is 2.41. The van der Waals surface area contributed by atoms with E-state index in [4.69, 9.17) is 11.6 Å². The summed E-state index contributed by atoms with van der Waals surface area (Å²) in [6.07, 6.45) is 0. The Hall–Kier alpha value is -3.29. The lowest BCUT2D eigenvalue weighted by atomic mass is 9.87. The molecule has 1 atom stereocenters. The molecule has 0 radical (unpaired) electrons. The summed E-state index contributed by atoms with van der Waals surface area (Å²) >= 11 is 5.73. The second kappa shape index (κ2) is 10.1. The highest BCUT2D eigenvalue weighted by Gasteiger charge is 2.48. The molecule has 2 N–H and O–H groups in total. The predicted molar refractivity (Wildman–Crippen MR) is 144 cm³/mol. The molecule has 1 aliphatic rings. The zero-order valence-electron chi connectivity index (χ0n) is 21.1. The number of benzene rings is 3. The van der Waals surface area contributed by atoms with E-state index in [1.807, 2.05) is 0 Å². The van der Waals surface area contributed by atoms with E-state index >= 15 is 8.78 Å². The molecule has 0 unspecified atom stereocenters. The van der Waals surface area contributed by atoms with Crippen LogP contribution in [0.1, 0.15) is 13.8 Å². The van der Waals surface area contributed by atoms with Crippen molar-refractivity contribution in [2.75, 3.05) is 30.1 Å². The molecule has 3 aromatic rings. The maximum atomic E-state index is 15.4. The van der Waals surface area contributed by atoms with Crippen LogP contribution >= 0.6 is 18.7 Å². The van der Waals surface area contributed by atoms with Gasteiger partial charge in [0.25, 0.3) is 0 Å². The fraction of sp³-hybridized carbons (Fsp3) is 0.259. The number of rotatable bonds is 5. The minimum atomic E-state index is -2.80. The van der Waals surface area contributed by atoms with Crippen LogP contribution in [0.15, 0.2) is 54.6 Å². The molecular formula is C27H26ClF3N3O3P. The van der Waals surface area contributed by atoms with Crippen LogP contribution in [0.25, 0.3) is 11.1 Å². The maximum Gasteiger partial charge on any atom is 0.319 e. The zero-order valence-corrected chi connectivity index (χ0v) is 22.8. The van der Waals surface area contributed by atoms with Gasteiger partial charge in [0, 0.05) is 27.9 Å². The topological polar surface area (TPSA) is 78.5 Å². The van der Waals surface area contributed by atoms with Crippen molar-refractivity contribution in [3.05, 3.63) is 77.1 Å². The van der Waals surface area contributed by atoms with E-state index in [0.717, 1.165) is 11.0 Å². The Morgan fingerprint density at radius 1 is 1.03 bits per heavy atom. The SMILES string of the molecule is CC1(C)CN(c2ccc(-c3ccccc3P(C)(C)=O)c(F)c2F)C(=O)[C@@H]1NC(=O)Nc1ccc(Cl)cc1F. The standard InChI is InChI=1S/C27H26ClF3N3O3P/c1-27(2)14-34(25(35)24(27)33-26(36)32-19-11-9-15(28)13-18(19)29)20-12-10-17(22(30)23(20)31)16-7-5-6-8-21(16)38(3,4)37/h5-13,24H,14H2,1-4H3,(H2,32,33,36)/t24-/m0/s1. The van der Waals surface area contributed by atoms with E-state index in [0.29, 0.717) is 10.9 Å². The Morgan fingerprint density at radius 2 is 1.71 bits per heavy atom. The number of urea groups is 1. The Labute approximate surface area is 223 Å². The maximum absolute atomic E-state index is 15.4. The van der Waals surface area contributed by atoms with Gasteiger partial charge in [0.15, 0.2) is 11.6 Å². The lowest BCUT2D eigenvalue weighted by Crippen LogP contribution is -2.48. The van der Waals surface area contributed by atoms with Gasteiger partial charge in [-0.25, -0.2) is 18.0 Å².